The van der Waals surface area contributed by atoms with Gasteiger partial charge in [0, 0.05) is 44.6 Å². The third kappa shape index (κ3) is 3.79. The van der Waals surface area contributed by atoms with Crippen LogP contribution < -0.4 is 0 Å². The van der Waals surface area contributed by atoms with Crippen molar-refractivity contribution < 1.29 is 19.2 Å². The minimum atomic E-state index is -0.976. The largest absolute Gasteiger partial charge is 0.391 e. The Kier molecular flexibility index (Phi) is 5.41. The molecule has 2 aromatic rings. The number of aliphatic hydroxyl groups is 1. The number of nitrogens with zero attached hydrogens (tertiary/aromatic N) is 3. The molecule has 0 bridgehead atoms. The van der Waals surface area contributed by atoms with Gasteiger partial charge in [-0.3, -0.25) is 9.59 Å². The van der Waals surface area contributed by atoms with E-state index in [1.54, 1.807) is 9.80 Å². The molecule has 1 aromatic heterocycles. The maximum Gasteiger partial charge on any atom is 0.249 e. The lowest BCUT2D eigenvalue weighted by molar-refractivity contribution is -0.153. The van der Waals surface area contributed by atoms with Gasteiger partial charge in [0.1, 0.15) is 17.0 Å². The second kappa shape index (κ2) is 7.99. The van der Waals surface area contributed by atoms with E-state index in [4.69, 9.17) is 4.52 Å². The Hall–Kier alpha value is -2.67. The summed E-state index contributed by atoms with van der Waals surface area (Å²) in [4.78, 5) is 29.4. The normalized spacial score (nSPS) is 24.7. The second-order valence-corrected chi connectivity index (χ2v) is 8.07. The maximum absolute atomic E-state index is 13.6. The number of hydrogen-bond donors (Lipinski definition) is 1. The van der Waals surface area contributed by atoms with Gasteiger partial charge in [0.25, 0.3) is 0 Å². The van der Waals surface area contributed by atoms with E-state index in [2.05, 4.69) is 5.16 Å². The summed E-state index contributed by atoms with van der Waals surface area (Å²) in [7, 11) is 0. The molecule has 2 atom stereocenters. The van der Waals surface area contributed by atoms with Crippen LogP contribution in [0.2, 0.25) is 0 Å². The van der Waals surface area contributed by atoms with Crippen molar-refractivity contribution in [3.8, 4) is 11.3 Å². The Labute approximate surface area is 170 Å². The maximum atomic E-state index is 13.6. The molecule has 154 valence electrons. The first-order chi connectivity index (χ1) is 14.0. The molecule has 2 saturated heterocycles. The van der Waals surface area contributed by atoms with Crippen LogP contribution in [0, 0.1) is 0 Å². The average molecular weight is 397 g/mol. The van der Waals surface area contributed by atoms with E-state index in [-0.39, 0.29) is 18.2 Å². The summed E-state index contributed by atoms with van der Waals surface area (Å²) in [5.74, 6) is 0.376. The third-order valence-electron chi connectivity index (χ3n) is 6.05. The van der Waals surface area contributed by atoms with Gasteiger partial charge in [-0.15, -0.1) is 0 Å². The summed E-state index contributed by atoms with van der Waals surface area (Å²) in [5, 5.41) is 14.2. The quantitative estimate of drug-likeness (QED) is 0.855. The zero-order chi connectivity index (χ0) is 20.4. The Bertz CT molecular complexity index is 881. The highest BCUT2D eigenvalue weighted by Gasteiger charge is 2.51. The van der Waals surface area contributed by atoms with E-state index < -0.39 is 11.6 Å². The molecular formula is C22H27N3O4. The number of aromatic nitrogens is 1. The Morgan fingerprint density at radius 3 is 2.76 bits per heavy atom. The van der Waals surface area contributed by atoms with Gasteiger partial charge >= 0.3 is 0 Å². The Balaban J connectivity index is 1.64. The van der Waals surface area contributed by atoms with Crippen molar-refractivity contribution in [1.82, 2.24) is 15.0 Å². The third-order valence-corrected chi connectivity index (χ3v) is 6.05. The number of carbonyl (C=O) groups excluding carboxylic acids is 2. The van der Waals surface area contributed by atoms with Crippen LogP contribution in [-0.2, 0) is 16.0 Å². The van der Waals surface area contributed by atoms with Crippen LogP contribution >= 0.6 is 0 Å². The molecule has 1 aromatic carbocycles. The number of hydrogen-bond acceptors (Lipinski definition) is 5. The standard InChI is InChI=1S/C22H27N3O4/c1-16(26)25-12-6-10-22(25,21(28)24-11-5-9-18(27)15-24)14-19-13-20(23-29-19)17-7-3-2-4-8-17/h2-4,7-8,13,18,27H,5-6,9-12,14-15H2,1H3. The van der Waals surface area contributed by atoms with Gasteiger partial charge < -0.3 is 19.4 Å². The lowest BCUT2D eigenvalue weighted by atomic mass is 9.87. The van der Waals surface area contributed by atoms with Crippen LogP contribution in [0.1, 0.15) is 38.4 Å². The smallest absolute Gasteiger partial charge is 0.249 e. The topological polar surface area (TPSA) is 86.9 Å². The molecule has 2 amide bonds. The highest BCUT2D eigenvalue weighted by Crippen LogP contribution is 2.36. The molecule has 2 unspecified atom stereocenters. The number of aliphatic hydroxyl groups excluding tert-OH is 1. The first kappa shape index (κ1) is 19.6. The van der Waals surface area contributed by atoms with Gasteiger partial charge in [-0.25, -0.2) is 0 Å². The van der Waals surface area contributed by atoms with E-state index in [1.807, 2.05) is 36.4 Å². The van der Waals surface area contributed by atoms with Gasteiger partial charge in [0.15, 0.2) is 0 Å². The molecule has 1 N–H and O–H groups in total. The molecule has 0 radical (unpaired) electrons. The number of piperidine rings is 1. The SMILES string of the molecule is CC(=O)N1CCCC1(Cc1cc(-c2ccccc2)no1)C(=O)N1CCCC(O)C1. The molecular weight excluding hydrogens is 370 g/mol. The average Bonchev–Trinajstić information content (AvgIpc) is 3.36. The van der Waals surface area contributed by atoms with Crippen LogP contribution in [0.5, 0.6) is 0 Å². The van der Waals surface area contributed by atoms with Crippen molar-refractivity contribution in [1.29, 1.82) is 0 Å². The molecule has 2 aliphatic heterocycles. The van der Waals surface area contributed by atoms with Crippen LogP contribution in [-0.4, -0.2) is 63.2 Å². The first-order valence-electron chi connectivity index (χ1n) is 10.3. The van der Waals surface area contributed by atoms with E-state index in [1.165, 1.54) is 6.92 Å². The molecule has 4 rings (SSSR count). The zero-order valence-corrected chi connectivity index (χ0v) is 16.7. The first-order valence-corrected chi connectivity index (χ1v) is 10.3. The van der Waals surface area contributed by atoms with Gasteiger partial charge in [0.05, 0.1) is 6.10 Å². The van der Waals surface area contributed by atoms with Gasteiger partial charge in [0.2, 0.25) is 11.8 Å². The van der Waals surface area contributed by atoms with Crippen molar-refractivity contribution in [2.75, 3.05) is 19.6 Å². The molecule has 0 saturated carbocycles. The van der Waals surface area contributed by atoms with Crippen LogP contribution in [0.25, 0.3) is 11.3 Å². The van der Waals surface area contributed by atoms with Crippen molar-refractivity contribution in [3.63, 3.8) is 0 Å². The predicted molar refractivity (Wildman–Crippen MR) is 107 cm³/mol. The van der Waals surface area contributed by atoms with E-state index in [9.17, 15) is 14.7 Å². The highest BCUT2D eigenvalue weighted by atomic mass is 16.5. The second-order valence-electron chi connectivity index (χ2n) is 8.07. The Morgan fingerprint density at radius 2 is 2.03 bits per heavy atom. The molecule has 29 heavy (non-hydrogen) atoms. The fraction of sp³-hybridized carbons (Fsp3) is 0.500. The fourth-order valence-corrected chi connectivity index (χ4v) is 4.68. The number of β-amino-alcohol motifs (C(OH)–C–C–N with tert-alkyl or cyclic N) is 1. The summed E-state index contributed by atoms with van der Waals surface area (Å²) < 4.78 is 5.58. The molecule has 2 fully saturated rings. The van der Waals surface area contributed by atoms with Crippen LogP contribution in [0.3, 0.4) is 0 Å². The highest BCUT2D eigenvalue weighted by molar-refractivity contribution is 5.92. The van der Waals surface area contributed by atoms with Crippen LogP contribution in [0.15, 0.2) is 40.9 Å². The number of amides is 2. The van der Waals surface area contributed by atoms with Gasteiger partial charge in [-0.1, -0.05) is 35.5 Å². The molecule has 7 nitrogen and oxygen atoms in total. The molecule has 2 aliphatic rings. The van der Waals surface area contributed by atoms with E-state index >= 15 is 0 Å². The van der Waals surface area contributed by atoms with Crippen LogP contribution in [0.4, 0.5) is 0 Å². The fourth-order valence-electron chi connectivity index (χ4n) is 4.68. The summed E-state index contributed by atoms with van der Waals surface area (Å²) in [6.07, 6.45) is 2.60. The lowest BCUT2D eigenvalue weighted by Crippen LogP contribution is -2.61. The number of carbonyl (C=O) groups is 2. The minimum absolute atomic E-state index is 0.0957. The minimum Gasteiger partial charge on any atom is -0.391 e. The predicted octanol–water partition coefficient (Wildman–Crippen LogP) is 2.25. The van der Waals surface area contributed by atoms with E-state index in [0.29, 0.717) is 43.9 Å². The monoisotopic (exact) mass is 397 g/mol. The Morgan fingerprint density at radius 1 is 1.24 bits per heavy atom. The molecule has 7 heteroatoms. The van der Waals surface area contributed by atoms with Crippen molar-refractivity contribution >= 4 is 11.8 Å². The summed E-state index contributed by atoms with van der Waals surface area (Å²) >= 11 is 0. The van der Waals surface area contributed by atoms with Crippen molar-refractivity contribution in [2.45, 2.75) is 50.7 Å². The number of benzene rings is 1. The number of rotatable bonds is 4. The number of likely N-dealkylation sites (tertiary alicyclic amines) is 2. The van der Waals surface area contributed by atoms with Gasteiger partial charge in [-0.05, 0) is 25.7 Å². The summed E-state index contributed by atoms with van der Waals surface area (Å²) in [6, 6.07) is 11.6. The van der Waals surface area contributed by atoms with Gasteiger partial charge in [-0.2, -0.15) is 0 Å². The summed E-state index contributed by atoms with van der Waals surface area (Å²) in [6.45, 7) is 2.98. The molecule has 3 heterocycles. The lowest BCUT2D eigenvalue weighted by Gasteiger charge is -2.41. The zero-order valence-electron chi connectivity index (χ0n) is 16.7. The van der Waals surface area contributed by atoms with Crippen molar-refractivity contribution in [3.05, 3.63) is 42.2 Å². The van der Waals surface area contributed by atoms with E-state index in [0.717, 1.165) is 18.4 Å². The summed E-state index contributed by atoms with van der Waals surface area (Å²) in [5.41, 5.74) is 0.678. The molecule has 0 aliphatic carbocycles. The molecule has 0 spiro atoms. The van der Waals surface area contributed by atoms with Crippen molar-refractivity contribution in [2.24, 2.45) is 0 Å².